The van der Waals surface area contributed by atoms with Crippen LogP contribution in [0.5, 0.6) is 17.2 Å². The van der Waals surface area contributed by atoms with Gasteiger partial charge in [-0.1, -0.05) is 0 Å². The highest BCUT2D eigenvalue weighted by Crippen LogP contribution is 2.35. The van der Waals surface area contributed by atoms with Crippen LogP contribution in [0.1, 0.15) is 11.7 Å². The second-order valence-electron chi connectivity index (χ2n) is 4.50. The minimum Gasteiger partial charge on any atom is -0.504 e. The maximum atomic E-state index is 12.0. The molecule has 10 heteroatoms. The van der Waals surface area contributed by atoms with Gasteiger partial charge < -0.3 is 45.3 Å². The van der Waals surface area contributed by atoms with E-state index in [1.807, 2.05) is 0 Å². The molecule has 128 valence electrons. The molecule has 0 spiro atoms. The number of aromatic hydroxyl groups is 3. The highest BCUT2D eigenvalue weighted by molar-refractivity contribution is 5.91. The molecule has 0 aliphatic carbocycles. The van der Waals surface area contributed by atoms with Gasteiger partial charge in [-0.15, -0.1) is 0 Å². The predicted molar refractivity (Wildman–Crippen MR) is 71.8 cm³/mol. The minimum atomic E-state index is -2.07. The van der Waals surface area contributed by atoms with Gasteiger partial charge in [-0.05, 0) is 12.1 Å². The number of phenols is 3. The average Bonchev–Trinajstić information content (AvgIpc) is 2.58. The van der Waals surface area contributed by atoms with Gasteiger partial charge in [0.25, 0.3) is 0 Å². The van der Waals surface area contributed by atoms with Gasteiger partial charge in [0.15, 0.2) is 29.6 Å². The van der Waals surface area contributed by atoms with E-state index in [1.165, 1.54) is 0 Å². The molecule has 0 aromatic heterocycles. The molecule has 0 fully saturated rings. The lowest BCUT2D eigenvalue weighted by Crippen LogP contribution is -2.48. The second-order valence-corrected chi connectivity index (χ2v) is 4.50. The SMILES string of the molecule is [2H]c1c(C(=O)O[C@@H]([C@H](O)[C@H](O)CO)[C@@H](O)C=O)cc(O)c(O)c1O. The number of aliphatic hydroxyl groups excluding tert-OH is 4. The Bertz CT molecular complexity index is 619. The zero-order chi connectivity index (χ0) is 18.6. The van der Waals surface area contributed by atoms with Crippen LogP contribution in [0.4, 0.5) is 0 Å². The van der Waals surface area contributed by atoms with Crippen LogP contribution < -0.4 is 0 Å². The fraction of sp³-hybridized carbons (Fsp3) is 0.385. The fourth-order valence-electron chi connectivity index (χ4n) is 1.59. The standard InChI is InChI=1S/C13H16O10/c14-3-8(18)11(21)12(9(19)4-15)23-13(22)5-1-6(16)10(20)7(17)2-5/h1-2,4,8-9,11-12,14,16-21H,3H2/t8-,9+,11-,12-/m1/s1/i1D. The molecule has 0 saturated carbocycles. The largest absolute Gasteiger partial charge is 0.504 e. The average molecular weight is 333 g/mol. The molecule has 0 saturated heterocycles. The summed E-state index contributed by atoms with van der Waals surface area (Å²) >= 11 is 0. The molecule has 1 aromatic rings. The van der Waals surface area contributed by atoms with Gasteiger partial charge in [0.1, 0.15) is 18.3 Å². The Kier molecular flexibility index (Phi) is 5.71. The molecule has 0 radical (unpaired) electrons. The summed E-state index contributed by atoms with van der Waals surface area (Å²) < 4.78 is 12.1. The van der Waals surface area contributed by atoms with Crippen molar-refractivity contribution in [3.8, 4) is 17.2 Å². The highest BCUT2D eigenvalue weighted by atomic mass is 16.6. The van der Waals surface area contributed by atoms with Crippen molar-refractivity contribution in [1.29, 1.82) is 0 Å². The molecule has 4 atom stereocenters. The number of hydrogen-bond acceptors (Lipinski definition) is 10. The number of aldehydes is 1. The summed E-state index contributed by atoms with van der Waals surface area (Å²) in [6.07, 6.45) is -8.08. The molecule has 0 unspecified atom stereocenters. The van der Waals surface area contributed by atoms with Crippen molar-refractivity contribution in [2.75, 3.05) is 6.61 Å². The summed E-state index contributed by atoms with van der Waals surface area (Å²) in [4.78, 5) is 22.7. The number of carbonyl (C=O) groups is 2. The van der Waals surface area contributed by atoms with Crippen molar-refractivity contribution < 1.29 is 51.4 Å². The molecule has 23 heavy (non-hydrogen) atoms. The van der Waals surface area contributed by atoms with Gasteiger partial charge in [-0.3, -0.25) is 0 Å². The molecular formula is C13H16O10. The van der Waals surface area contributed by atoms with Crippen LogP contribution >= 0.6 is 0 Å². The van der Waals surface area contributed by atoms with Crippen molar-refractivity contribution in [2.24, 2.45) is 0 Å². The van der Waals surface area contributed by atoms with E-state index in [4.69, 9.17) is 6.48 Å². The summed E-state index contributed by atoms with van der Waals surface area (Å²) in [5, 5.41) is 65.3. The minimum absolute atomic E-state index is 0.0986. The van der Waals surface area contributed by atoms with Crippen molar-refractivity contribution in [2.45, 2.75) is 24.4 Å². The van der Waals surface area contributed by atoms with Crippen LogP contribution in [0, 0.1) is 0 Å². The number of phenolic OH excluding ortho intramolecular Hbond substituents is 3. The third kappa shape index (κ3) is 4.29. The van der Waals surface area contributed by atoms with Gasteiger partial charge in [0.05, 0.1) is 13.5 Å². The first-order chi connectivity index (χ1) is 11.1. The van der Waals surface area contributed by atoms with E-state index >= 15 is 0 Å². The van der Waals surface area contributed by atoms with E-state index in [0.29, 0.717) is 6.07 Å². The van der Waals surface area contributed by atoms with Gasteiger partial charge in [0.2, 0.25) is 0 Å². The topological polar surface area (TPSA) is 185 Å². The molecule has 0 amide bonds. The number of rotatable bonds is 7. The molecule has 10 nitrogen and oxygen atoms in total. The number of esters is 1. The number of aliphatic hydroxyl groups is 4. The lowest BCUT2D eigenvalue weighted by Gasteiger charge is -2.27. The maximum Gasteiger partial charge on any atom is 0.338 e. The third-order valence-corrected chi connectivity index (χ3v) is 2.86. The summed E-state index contributed by atoms with van der Waals surface area (Å²) in [5.74, 6) is -4.57. The lowest BCUT2D eigenvalue weighted by molar-refractivity contribution is -0.138. The first kappa shape index (κ1) is 17.0. The Morgan fingerprint density at radius 3 is 2.39 bits per heavy atom. The van der Waals surface area contributed by atoms with E-state index < -0.39 is 65.8 Å². The quantitative estimate of drug-likeness (QED) is 0.161. The number of benzene rings is 1. The Hall–Kier alpha value is -2.40. The van der Waals surface area contributed by atoms with Crippen molar-refractivity contribution in [1.82, 2.24) is 0 Å². The zero-order valence-corrected chi connectivity index (χ0v) is 11.5. The first-order valence-electron chi connectivity index (χ1n) is 6.71. The van der Waals surface area contributed by atoms with E-state index in [-0.39, 0.29) is 6.29 Å². The van der Waals surface area contributed by atoms with Gasteiger partial charge in [0, 0.05) is 0 Å². The molecule has 7 N–H and O–H groups in total. The number of hydrogen-bond donors (Lipinski definition) is 7. The normalized spacial score (nSPS) is 16.8. The third-order valence-electron chi connectivity index (χ3n) is 2.86. The first-order valence-corrected chi connectivity index (χ1v) is 6.21. The molecular weight excluding hydrogens is 316 g/mol. The van der Waals surface area contributed by atoms with Gasteiger partial charge in [-0.2, -0.15) is 0 Å². The number of ether oxygens (including phenoxy) is 1. The smallest absolute Gasteiger partial charge is 0.338 e. The summed E-state index contributed by atoms with van der Waals surface area (Å²) in [5.41, 5.74) is -0.753. The number of carbonyl (C=O) groups excluding carboxylic acids is 2. The zero-order valence-electron chi connectivity index (χ0n) is 12.5. The van der Waals surface area contributed by atoms with Crippen LogP contribution in [0.15, 0.2) is 12.1 Å². The Balaban J connectivity index is 3.16. The van der Waals surface area contributed by atoms with Crippen LogP contribution in [0.3, 0.4) is 0 Å². The summed E-state index contributed by atoms with van der Waals surface area (Å²) in [6, 6.07) is -0.342. The molecule has 0 bridgehead atoms. The monoisotopic (exact) mass is 333 g/mol. The van der Waals surface area contributed by atoms with Crippen LogP contribution in [-0.4, -0.2) is 79.0 Å². The van der Waals surface area contributed by atoms with E-state index in [1.54, 1.807) is 0 Å². The Morgan fingerprint density at radius 2 is 1.87 bits per heavy atom. The second kappa shape index (κ2) is 7.74. The maximum absolute atomic E-state index is 12.0. The van der Waals surface area contributed by atoms with Crippen molar-refractivity contribution >= 4 is 12.3 Å². The highest BCUT2D eigenvalue weighted by Gasteiger charge is 2.35. The van der Waals surface area contributed by atoms with Gasteiger partial charge in [-0.25, -0.2) is 4.79 Å². The van der Waals surface area contributed by atoms with Crippen molar-refractivity contribution in [3.63, 3.8) is 0 Å². The van der Waals surface area contributed by atoms with Crippen LogP contribution in [0.25, 0.3) is 0 Å². The molecule has 1 rings (SSSR count). The Morgan fingerprint density at radius 1 is 1.26 bits per heavy atom. The van der Waals surface area contributed by atoms with Crippen LogP contribution in [0.2, 0.25) is 0 Å². The fourth-order valence-corrected chi connectivity index (χ4v) is 1.59. The molecule has 0 aliphatic heterocycles. The molecule has 0 heterocycles. The summed E-state index contributed by atoms with van der Waals surface area (Å²) in [6.45, 7) is -0.967. The van der Waals surface area contributed by atoms with Gasteiger partial charge >= 0.3 is 5.97 Å². The molecule has 0 aliphatic rings. The van der Waals surface area contributed by atoms with E-state index in [9.17, 15) is 40.2 Å². The van der Waals surface area contributed by atoms with E-state index in [2.05, 4.69) is 4.74 Å². The van der Waals surface area contributed by atoms with Crippen LogP contribution in [-0.2, 0) is 9.53 Å². The lowest BCUT2D eigenvalue weighted by atomic mass is 10.0. The Labute approximate surface area is 130 Å². The predicted octanol–water partition coefficient (Wildman–Crippen LogP) is -2.40. The van der Waals surface area contributed by atoms with Crippen molar-refractivity contribution in [3.05, 3.63) is 17.7 Å². The molecule has 1 aromatic carbocycles. The van der Waals surface area contributed by atoms with E-state index in [0.717, 1.165) is 0 Å². The summed E-state index contributed by atoms with van der Waals surface area (Å²) in [7, 11) is 0.